The maximum atomic E-state index is 3.82. The molecule has 2 nitrogen and oxygen atoms in total. The SMILES string of the molecule is C=CC(C)(C)CNCCNCC(C)(C)C. The van der Waals surface area contributed by atoms with Crippen molar-refractivity contribution in [1.29, 1.82) is 0 Å². The number of hydrogen-bond acceptors (Lipinski definition) is 2. The predicted octanol–water partition coefficient (Wildman–Crippen LogP) is 2.42. The predicted molar refractivity (Wildman–Crippen MR) is 69.2 cm³/mol. The minimum absolute atomic E-state index is 0.198. The average molecular weight is 212 g/mol. The van der Waals surface area contributed by atoms with Crippen molar-refractivity contribution in [2.45, 2.75) is 34.6 Å². The molecule has 0 aliphatic carbocycles. The molecular formula is C13H28N2. The van der Waals surface area contributed by atoms with Crippen LogP contribution in [0.2, 0.25) is 0 Å². The summed E-state index contributed by atoms with van der Waals surface area (Å²) in [5.41, 5.74) is 0.574. The molecule has 0 unspecified atom stereocenters. The van der Waals surface area contributed by atoms with Crippen LogP contribution in [-0.4, -0.2) is 26.2 Å². The molecule has 0 rings (SSSR count). The Morgan fingerprint density at radius 3 is 1.80 bits per heavy atom. The molecule has 0 aliphatic heterocycles. The minimum atomic E-state index is 0.198. The first kappa shape index (κ1) is 14.7. The first-order valence-electron chi connectivity index (χ1n) is 5.82. The van der Waals surface area contributed by atoms with Crippen molar-refractivity contribution in [1.82, 2.24) is 10.6 Å². The van der Waals surface area contributed by atoms with Gasteiger partial charge in [0.05, 0.1) is 0 Å². The second-order valence-corrected chi connectivity index (χ2v) is 6.11. The summed E-state index contributed by atoms with van der Waals surface area (Å²) in [6.07, 6.45) is 2.00. The van der Waals surface area contributed by atoms with Crippen LogP contribution in [0.1, 0.15) is 34.6 Å². The second-order valence-electron chi connectivity index (χ2n) is 6.11. The molecule has 0 amide bonds. The van der Waals surface area contributed by atoms with E-state index in [0.717, 1.165) is 26.2 Å². The van der Waals surface area contributed by atoms with Gasteiger partial charge in [-0.05, 0) is 10.8 Å². The maximum absolute atomic E-state index is 3.82. The van der Waals surface area contributed by atoms with Crippen LogP contribution in [0.3, 0.4) is 0 Å². The van der Waals surface area contributed by atoms with E-state index >= 15 is 0 Å². The standard InChI is InChI=1S/C13H28N2/c1-7-13(5,6)11-15-9-8-14-10-12(2,3)4/h7,14-15H,1,8-11H2,2-6H3. The highest BCUT2D eigenvalue weighted by Crippen LogP contribution is 2.13. The van der Waals surface area contributed by atoms with Gasteiger partial charge in [0, 0.05) is 26.2 Å². The normalized spacial score (nSPS) is 12.9. The van der Waals surface area contributed by atoms with Gasteiger partial charge in [-0.15, -0.1) is 6.58 Å². The molecule has 0 fully saturated rings. The molecule has 0 aromatic rings. The van der Waals surface area contributed by atoms with E-state index in [1.54, 1.807) is 0 Å². The van der Waals surface area contributed by atoms with Crippen LogP contribution in [0.15, 0.2) is 12.7 Å². The van der Waals surface area contributed by atoms with Gasteiger partial charge in [-0.1, -0.05) is 40.7 Å². The molecule has 2 N–H and O–H groups in total. The fourth-order valence-electron chi connectivity index (χ4n) is 1.12. The fourth-order valence-corrected chi connectivity index (χ4v) is 1.12. The zero-order chi connectivity index (χ0) is 11.9. The molecule has 0 spiro atoms. The Bertz CT molecular complexity index is 177. The molecule has 90 valence electrons. The van der Waals surface area contributed by atoms with Gasteiger partial charge in [-0.25, -0.2) is 0 Å². The average Bonchev–Trinajstić information content (AvgIpc) is 2.09. The molecule has 0 saturated heterocycles. The molecule has 0 saturated carbocycles. The van der Waals surface area contributed by atoms with Crippen molar-refractivity contribution >= 4 is 0 Å². The second kappa shape index (κ2) is 6.29. The van der Waals surface area contributed by atoms with Crippen LogP contribution < -0.4 is 10.6 Å². The topological polar surface area (TPSA) is 24.1 Å². The lowest BCUT2D eigenvalue weighted by atomic mass is 9.94. The quantitative estimate of drug-likeness (QED) is 0.500. The number of nitrogens with one attached hydrogen (secondary N) is 2. The number of rotatable bonds is 7. The van der Waals surface area contributed by atoms with Crippen LogP contribution in [0.25, 0.3) is 0 Å². The third kappa shape index (κ3) is 9.95. The van der Waals surface area contributed by atoms with Crippen molar-refractivity contribution in [2.24, 2.45) is 10.8 Å². The van der Waals surface area contributed by atoms with Crippen LogP contribution in [0.4, 0.5) is 0 Å². The van der Waals surface area contributed by atoms with Crippen molar-refractivity contribution in [3.8, 4) is 0 Å². The van der Waals surface area contributed by atoms with Gasteiger partial charge < -0.3 is 10.6 Å². The van der Waals surface area contributed by atoms with E-state index < -0.39 is 0 Å². The van der Waals surface area contributed by atoms with Gasteiger partial charge in [0.2, 0.25) is 0 Å². The smallest absolute Gasteiger partial charge is 0.00770 e. The lowest BCUT2D eigenvalue weighted by molar-refractivity contribution is 0.373. The molecule has 2 heteroatoms. The van der Waals surface area contributed by atoms with E-state index in [1.807, 2.05) is 6.08 Å². The monoisotopic (exact) mass is 212 g/mol. The molecule has 0 aromatic carbocycles. The van der Waals surface area contributed by atoms with E-state index in [0.29, 0.717) is 5.41 Å². The molecule has 0 atom stereocenters. The van der Waals surface area contributed by atoms with Crippen molar-refractivity contribution in [2.75, 3.05) is 26.2 Å². The van der Waals surface area contributed by atoms with E-state index in [1.165, 1.54) is 0 Å². The van der Waals surface area contributed by atoms with Crippen LogP contribution in [0, 0.1) is 10.8 Å². The van der Waals surface area contributed by atoms with Gasteiger partial charge in [-0.3, -0.25) is 0 Å². The van der Waals surface area contributed by atoms with Crippen molar-refractivity contribution in [3.63, 3.8) is 0 Å². The van der Waals surface area contributed by atoms with E-state index in [9.17, 15) is 0 Å². The zero-order valence-electron chi connectivity index (χ0n) is 11.1. The zero-order valence-corrected chi connectivity index (χ0v) is 11.1. The Hall–Kier alpha value is -0.340. The van der Waals surface area contributed by atoms with Gasteiger partial charge >= 0.3 is 0 Å². The summed E-state index contributed by atoms with van der Waals surface area (Å²) < 4.78 is 0. The van der Waals surface area contributed by atoms with Crippen LogP contribution in [-0.2, 0) is 0 Å². The van der Waals surface area contributed by atoms with Gasteiger partial charge in [0.1, 0.15) is 0 Å². The van der Waals surface area contributed by atoms with Crippen LogP contribution >= 0.6 is 0 Å². The Labute approximate surface area is 95.5 Å². The molecule has 0 aliphatic rings. The minimum Gasteiger partial charge on any atom is -0.315 e. The summed E-state index contributed by atoms with van der Waals surface area (Å²) in [4.78, 5) is 0. The molecule has 0 heterocycles. The Morgan fingerprint density at radius 1 is 0.933 bits per heavy atom. The van der Waals surface area contributed by atoms with E-state index in [-0.39, 0.29) is 5.41 Å². The van der Waals surface area contributed by atoms with Gasteiger partial charge in [0.25, 0.3) is 0 Å². The van der Waals surface area contributed by atoms with Gasteiger partial charge in [-0.2, -0.15) is 0 Å². The molecule has 0 aromatic heterocycles. The van der Waals surface area contributed by atoms with Gasteiger partial charge in [0.15, 0.2) is 0 Å². The highest BCUT2D eigenvalue weighted by molar-refractivity contribution is 4.89. The Morgan fingerprint density at radius 2 is 1.40 bits per heavy atom. The maximum Gasteiger partial charge on any atom is 0.00770 e. The summed E-state index contributed by atoms with van der Waals surface area (Å²) in [7, 11) is 0. The molecule has 0 bridgehead atoms. The first-order chi connectivity index (χ1) is 6.77. The molecule has 15 heavy (non-hydrogen) atoms. The third-order valence-electron chi connectivity index (χ3n) is 2.27. The largest absolute Gasteiger partial charge is 0.315 e. The highest BCUT2D eigenvalue weighted by atomic mass is 14.9. The molecule has 0 radical (unpaired) electrons. The third-order valence-corrected chi connectivity index (χ3v) is 2.27. The molecular weight excluding hydrogens is 184 g/mol. The van der Waals surface area contributed by atoms with E-state index in [2.05, 4.69) is 51.8 Å². The summed E-state index contributed by atoms with van der Waals surface area (Å²) in [5, 5.41) is 6.87. The summed E-state index contributed by atoms with van der Waals surface area (Å²) in [6.45, 7) is 19.1. The Balaban J connectivity index is 3.37. The number of hydrogen-bond donors (Lipinski definition) is 2. The first-order valence-corrected chi connectivity index (χ1v) is 5.82. The lowest BCUT2D eigenvalue weighted by Crippen LogP contribution is -2.36. The van der Waals surface area contributed by atoms with E-state index in [4.69, 9.17) is 0 Å². The highest BCUT2D eigenvalue weighted by Gasteiger charge is 2.11. The summed E-state index contributed by atoms with van der Waals surface area (Å²) >= 11 is 0. The fraction of sp³-hybridized carbons (Fsp3) is 0.846. The summed E-state index contributed by atoms with van der Waals surface area (Å²) in [6, 6.07) is 0. The lowest BCUT2D eigenvalue weighted by Gasteiger charge is -2.21. The van der Waals surface area contributed by atoms with Crippen molar-refractivity contribution < 1.29 is 0 Å². The van der Waals surface area contributed by atoms with Crippen molar-refractivity contribution in [3.05, 3.63) is 12.7 Å². The summed E-state index contributed by atoms with van der Waals surface area (Å²) in [5.74, 6) is 0. The Kier molecular flexibility index (Phi) is 6.15. The van der Waals surface area contributed by atoms with Crippen LogP contribution in [0.5, 0.6) is 0 Å².